The van der Waals surface area contributed by atoms with Gasteiger partial charge in [-0.15, -0.1) is 0 Å². The van der Waals surface area contributed by atoms with Gasteiger partial charge in [0.15, 0.2) is 6.23 Å². The van der Waals surface area contributed by atoms with Crippen molar-refractivity contribution >= 4 is 15.9 Å². The number of fused-ring (bicyclic) bond motifs is 7. The molecule has 10 heteroatoms. The predicted octanol–water partition coefficient (Wildman–Crippen LogP) is 2.33. The normalized spacial score (nSPS) is 46.2. The third-order valence-corrected chi connectivity index (χ3v) is 7.74. The number of piperidine rings is 1. The van der Waals surface area contributed by atoms with Gasteiger partial charge in [0, 0.05) is 23.5 Å². The van der Waals surface area contributed by atoms with Crippen LogP contribution in [0.25, 0.3) is 0 Å². The lowest BCUT2D eigenvalue weighted by Gasteiger charge is -2.44. The fraction of sp³-hybridized carbons (Fsp3) is 1.00. The monoisotopic (exact) mass is 470 g/mol. The number of nitrogens with zero attached hydrogens (tertiary/aromatic N) is 1. The van der Waals surface area contributed by atoms with Gasteiger partial charge in [-0.1, -0.05) is 35.2 Å². The Balaban J connectivity index is 1.57. The standard InChI is InChI=1S/C18H30BrF3N4O2/c19-12-7-8-13-15-24-25-16(28-15)17(27,18(20,21)22)9-3-1-2-5-11-6-4-10-26(11)14(12)23-13/h11-16,23-25,27H,1-10H2/t11-,12?,13?,14?,15?,16?,17?/m1/s1. The summed E-state index contributed by atoms with van der Waals surface area (Å²) in [5.41, 5.74) is 2.53. The maximum absolute atomic E-state index is 13.7. The van der Waals surface area contributed by atoms with Crippen LogP contribution in [0.2, 0.25) is 0 Å². The highest BCUT2D eigenvalue weighted by Gasteiger charge is 2.61. The van der Waals surface area contributed by atoms with E-state index in [-0.39, 0.29) is 18.6 Å². The maximum Gasteiger partial charge on any atom is 0.421 e. The van der Waals surface area contributed by atoms with Crippen LogP contribution in [0, 0.1) is 0 Å². The molecule has 4 rings (SSSR count). The van der Waals surface area contributed by atoms with Crippen LogP contribution in [0.4, 0.5) is 13.2 Å². The lowest BCUT2D eigenvalue weighted by Crippen LogP contribution is -2.62. The lowest BCUT2D eigenvalue weighted by molar-refractivity contribution is -0.300. The topological polar surface area (TPSA) is 68.8 Å². The summed E-state index contributed by atoms with van der Waals surface area (Å²) in [6, 6.07) is 0.335. The van der Waals surface area contributed by atoms with E-state index in [1.54, 1.807) is 0 Å². The number of ether oxygens (including phenoxy) is 1. The number of halogens is 4. The van der Waals surface area contributed by atoms with Crippen molar-refractivity contribution in [3.63, 3.8) is 0 Å². The van der Waals surface area contributed by atoms with Crippen LogP contribution in [0.15, 0.2) is 0 Å². The zero-order valence-electron chi connectivity index (χ0n) is 15.8. The summed E-state index contributed by atoms with van der Waals surface area (Å²) in [5, 5.41) is 14.1. The van der Waals surface area contributed by atoms with E-state index in [0.29, 0.717) is 23.7 Å². The molecule has 4 saturated heterocycles. The molecule has 4 aliphatic rings. The van der Waals surface area contributed by atoms with Crippen molar-refractivity contribution in [2.75, 3.05) is 6.54 Å². The molecule has 0 amide bonds. The number of aliphatic hydroxyl groups is 1. The van der Waals surface area contributed by atoms with Crippen LogP contribution in [-0.4, -0.2) is 63.9 Å². The molecule has 0 aromatic heterocycles. The number of hydrazine groups is 1. The minimum absolute atomic E-state index is 0.127. The van der Waals surface area contributed by atoms with Crippen LogP contribution in [0.1, 0.15) is 57.8 Å². The molecule has 0 aromatic carbocycles. The summed E-state index contributed by atoms with van der Waals surface area (Å²) in [7, 11) is 0. The van der Waals surface area contributed by atoms with E-state index < -0.39 is 24.2 Å². The lowest BCUT2D eigenvalue weighted by atomic mass is 9.92. The number of rotatable bonds is 0. The van der Waals surface area contributed by atoms with Gasteiger partial charge in [0.05, 0.1) is 6.17 Å². The van der Waals surface area contributed by atoms with Crippen molar-refractivity contribution in [1.82, 2.24) is 21.1 Å². The molecule has 4 aliphatic heterocycles. The second-order valence-electron chi connectivity index (χ2n) is 8.59. The van der Waals surface area contributed by atoms with Gasteiger partial charge in [0.2, 0.25) is 5.60 Å². The predicted molar refractivity (Wildman–Crippen MR) is 101 cm³/mol. The molecule has 4 fully saturated rings. The third-order valence-electron chi connectivity index (χ3n) is 6.79. The second kappa shape index (κ2) is 8.28. The Morgan fingerprint density at radius 3 is 2.61 bits per heavy atom. The molecule has 28 heavy (non-hydrogen) atoms. The molecule has 4 heterocycles. The van der Waals surface area contributed by atoms with E-state index in [9.17, 15) is 18.3 Å². The van der Waals surface area contributed by atoms with Crippen LogP contribution in [0.5, 0.6) is 0 Å². The first-order valence-electron chi connectivity index (χ1n) is 10.4. The number of nitrogens with one attached hydrogen (secondary N) is 3. The second-order valence-corrected chi connectivity index (χ2v) is 9.77. The molecular formula is C18H30BrF3N4O2. The summed E-state index contributed by atoms with van der Waals surface area (Å²) in [4.78, 5) is 2.83. The molecule has 4 bridgehead atoms. The quantitative estimate of drug-likeness (QED) is 0.407. The van der Waals surface area contributed by atoms with Crippen LogP contribution in [-0.2, 0) is 4.74 Å². The SMILES string of the molecule is OC1(C(F)(F)F)CCCCC[C@@H]2CCCN2C2NC(CCC2Br)C2NNC1O2. The van der Waals surface area contributed by atoms with Gasteiger partial charge in [-0.2, -0.15) is 13.2 Å². The van der Waals surface area contributed by atoms with Gasteiger partial charge in [0.1, 0.15) is 6.23 Å². The fourth-order valence-electron chi connectivity index (χ4n) is 5.15. The highest BCUT2D eigenvalue weighted by Crippen LogP contribution is 2.40. The molecule has 6 nitrogen and oxygen atoms in total. The van der Waals surface area contributed by atoms with Crippen LogP contribution < -0.4 is 16.2 Å². The summed E-state index contributed by atoms with van der Waals surface area (Å²) >= 11 is 3.81. The van der Waals surface area contributed by atoms with Crippen LogP contribution in [0.3, 0.4) is 0 Å². The summed E-state index contributed by atoms with van der Waals surface area (Å²) in [6.07, 6.45) is -0.267. The van der Waals surface area contributed by atoms with E-state index in [1.165, 1.54) is 0 Å². The molecule has 4 N–H and O–H groups in total. The number of hydrogen-bond donors (Lipinski definition) is 4. The van der Waals surface area contributed by atoms with Crippen molar-refractivity contribution < 1.29 is 23.0 Å². The Kier molecular flexibility index (Phi) is 6.29. The zero-order valence-corrected chi connectivity index (χ0v) is 17.4. The van der Waals surface area contributed by atoms with Crippen molar-refractivity contribution in [3.05, 3.63) is 0 Å². The van der Waals surface area contributed by atoms with Gasteiger partial charge in [-0.05, 0) is 38.5 Å². The maximum atomic E-state index is 13.7. The van der Waals surface area contributed by atoms with Gasteiger partial charge >= 0.3 is 6.18 Å². The van der Waals surface area contributed by atoms with Gasteiger partial charge in [-0.3, -0.25) is 10.2 Å². The van der Waals surface area contributed by atoms with Crippen LogP contribution >= 0.6 is 15.9 Å². The molecule has 6 unspecified atom stereocenters. The minimum atomic E-state index is -4.76. The molecule has 0 radical (unpaired) electrons. The van der Waals surface area contributed by atoms with Gasteiger partial charge < -0.3 is 9.84 Å². The first-order chi connectivity index (χ1) is 13.3. The molecule has 0 spiro atoms. The smallest absolute Gasteiger partial charge is 0.377 e. The van der Waals surface area contributed by atoms with Crippen molar-refractivity contribution in [2.24, 2.45) is 0 Å². The van der Waals surface area contributed by atoms with E-state index in [0.717, 1.165) is 45.1 Å². The van der Waals surface area contributed by atoms with E-state index in [4.69, 9.17) is 4.74 Å². The zero-order chi connectivity index (χ0) is 19.9. The summed E-state index contributed by atoms with van der Waals surface area (Å²) in [5.74, 6) is 0. The molecule has 0 aromatic rings. The Bertz CT molecular complexity index is 557. The molecule has 7 atom stereocenters. The highest BCUT2D eigenvalue weighted by atomic mass is 79.9. The average molecular weight is 471 g/mol. The largest absolute Gasteiger partial charge is 0.421 e. The fourth-order valence-corrected chi connectivity index (χ4v) is 5.87. The average Bonchev–Trinajstić information content (AvgIpc) is 3.30. The Hall–Kier alpha value is 0.0300. The molecule has 0 aliphatic carbocycles. The number of hydrogen-bond acceptors (Lipinski definition) is 6. The highest BCUT2D eigenvalue weighted by molar-refractivity contribution is 9.09. The molecule has 0 saturated carbocycles. The first kappa shape index (κ1) is 21.3. The molecule has 162 valence electrons. The van der Waals surface area contributed by atoms with E-state index in [2.05, 4.69) is 37.0 Å². The van der Waals surface area contributed by atoms with Crippen molar-refractivity contribution in [3.8, 4) is 0 Å². The first-order valence-corrected chi connectivity index (χ1v) is 11.3. The summed E-state index contributed by atoms with van der Waals surface area (Å²) in [6.45, 7) is 1.05. The van der Waals surface area contributed by atoms with Crippen molar-refractivity contribution in [1.29, 1.82) is 0 Å². The number of alkyl halides is 4. The Morgan fingerprint density at radius 1 is 1.04 bits per heavy atom. The van der Waals surface area contributed by atoms with Gasteiger partial charge in [-0.25, -0.2) is 10.9 Å². The Labute approximate surface area is 172 Å². The van der Waals surface area contributed by atoms with E-state index in [1.807, 2.05) is 0 Å². The van der Waals surface area contributed by atoms with E-state index >= 15 is 0 Å². The molecular weight excluding hydrogens is 441 g/mol. The summed E-state index contributed by atoms with van der Waals surface area (Å²) < 4.78 is 46.8. The third kappa shape index (κ3) is 3.98. The van der Waals surface area contributed by atoms with Crippen molar-refractivity contribution in [2.45, 2.75) is 105 Å². The minimum Gasteiger partial charge on any atom is -0.377 e. The van der Waals surface area contributed by atoms with Gasteiger partial charge in [0.25, 0.3) is 0 Å². The Morgan fingerprint density at radius 2 is 1.82 bits per heavy atom.